The number of nitrogens with one attached hydrogen (secondary N) is 1. The first-order chi connectivity index (χ1) is 14.2. The zero-order chi connectivity index (χ0) is 21.5. The second kappa shape index (κ2) is 7.71. The van der Waals surface area contributed by atoms with Crippen LogP contribution in [0, 0.1) is 11.6 Å². The molecule has 1 amide bonds. The predicted octanol–water partition coefficient (Wildman–Crippen LogP) is 4.11. The van der Waals surface area contributed by atoms with E-state index in [4.69, 9.17) is 4.42 Å². The van der Waals surface area contributed by atoms with E-state index < -0.39 is 33.1 Å². The van der Waals surface area contributed by atoms with Gasteiger partial charge in [-0.1, -0.05) is 18.2 Å². The number of amides is 1. The van der Waals surface area contributed by atoms with Crippen molar-refractivity contribution in [2.45, 2.75) is 18.6 Å². The molecule has 1 aliphatic heterocycles. The fourth-order valence-corrected chi connectivity index (χ4v) is 4.57. The highest BCUT2D eigenvalue weighted by Gasteiger charge is 2.25. The van der Waals surface area contributed by atoms with Crippen molar-refractivity contribution in [1.29, 1.82) is 0 Å². The fourth-order valence-electron chi connectivity index (χ4n) is 3.76. The summed E-state index contributed by atoms with van der Waals surface area (Å²) in [6.45, 7) is 1.15. The maximum Gasteiger partial charge on any atom is 0.291 e. The maximum atomic E-state index is 14.5. The predicted molar refractivity (Wildman–Crippen MR) is 111 cm³/mol. The van der Waals surface area contributed by atoms with Crippen molar-refractivity contribution in [3.8, 4) is 0 Å². The SMILES string of the molecule is CS(=O)(=O)Cc1c(C(=O)Nc2cc(F)c(N3CCCC3)c(F)c2)oc2ccccc12. The highest BCUT2D eigenvalue weighted by molar-refractivity contribution is 7.89. The molecule has 1 aromatic heterocycles. The van der Waals surface area contributed by atoms with Crippen molar-refractivity contribution >= 4 is 38.1 Å². The molecule has 1 aliphatic rings. The van der Waals surface area contributed by atoms with Gasteiger partial charge in [0.1, 0.15) is 11.3 Å². The lowest BCUT2D eigenvalue weighted by atomic mass is 10.1. The first kappa shape index (κ1) is 20.3. The van der Waals surface area contributed by atoms with Crippen molar-refractivity contribution in [3.05, 3.63) is 59.4 Å². The minimum absolute atomic E-state index is 0.0799. The highest BCUT2D eigenvalue weighted by Crippen LogP contribution is 2.31. The molecule has 0 spiro atoms. The van der Waals surface area contributed by atoms with E-state index in [9.17, 15) is 22.0 Å². The second-order valence-electron chi connectivity index (χ2n) is 7.41. The van der Waals surface area contributed by atoms with Crippen LogP contribution in [0.4, 0.5) is 20.2 Å². The smallest absolute Gasteiger partial charge is 0.291 e. The third kappa shape index (κ3) is 4.02. The zero-order valence-corrected chi connectivity index (χ0v) is 17.1. The minimum atomic E-state index is -3.46. The van der Waals surface area contributed by atoms with E-state index in [1.54, 1.807) is 29.2 Å². The molecule has 158 valence electrons. The number of carbonyl (C=O) groups excluding carboxylic acids is 1. The van der Waals surface area contributed by atoms with Crippen LogP contribution >= 0.6 is 0 Å². The van der Waals surface area contributed by atoms with E-state index in [0.717, 1.165) is 31.2 Å². The maximum absolute atomic E-state index is 14.5. The van der Waals surface area contributed by atoms with Crippen molar-refractivity contribution in [2.24, 2.45) is 0 Å². The molecule has 1 saturated heterocycles. The van der Waals surface area contributed by atoms with Gasteiger partial charge in [0.2, 0.25) is 0 Å². The summed E-state index contributed by atoms with van der Waals surface area (Å²) in [6, 6.07) is 8.76. The number of halogens is 2. The van der Waals surface area contributed by atoms with E-state index in [1.165, 1.54) is 0 Å². The summed E-state index contributed by atoms with van der Waals surface area (Å²) in [7, 11) is -3.46. The number of para-hydroxylation sites is 1. The van der Waals surface area contributed by atoms with Crippen molar-refractivity contribution in [3.63, 3.8) is 0 Å². The molecule has 2 aromatic carbocycles. The Morgan fingerprint density at radius 1 is 1.13 bits per heavy atom. The number of hydrogen-bond acceptors (Lipinski definition) is 5. The van der Waals surface area contributed by atoms with Gasteiger partial charge < -0.3 is 14.6 Å². The Morgan fingerprint density at radius 3 is 2.40 bits per heavy atom. The van der Waals surface area contributed by atoms with Crippen LogP contribution < -0.4 is 10.2 Å². The van der Waals surface area contributed by atoms with Crippen LogP contribution in [0.25, 0.3) is 11.0 Å². The molecule has 0 radical (unpaired) electrons. The van der Waals surface area contributed by atoms with Crippen LogP contribution in [-0.2, 0) is 15.6 Å². The molecule has 6 nitrogen and oxygen atoms in total. The summed E-state index contributed by atoms with van der Waals surface area (Å²) in [6.07, 6.45) is 2.79. The van der Waals surface area contributed by atoms with Crippen molar-refractivity contribution < 1.29 is 26.4 Å². The number of rotatable bonds is 5. The molecule has 0 atom stereocenters. The lowest BCUT2D eigenvalue weighted by Crippen LogP contribution is -2.21. The highest BCUT2D eigenvalue weighted by atomic mass is 32.2. The lowest BCUT2D eigenvalue weighted by molar-refractivity contribution is 0.0998. The minimum Gasteiger partial charge on any atom is -0.451 e. The number of benzene rings is 2. The van der Waals surface area contributed by atoms with Gasteiger partial charge in [-0.2, -0.15) is 0 Å². The second-order valence-corrected chi connectivity index (χ2v) is 9.55. The Labute approximate surface area is 172 Å². The quantitative estimate of drug-likeness (QED) is 0.654. The molecule has 1 N–H and O–H groups in total. The molecule has 1 fully saturated rings. The van der Waals surface area contributed by atoms with E-state index in [1.807, 2.05) is 0 Å². The first-order valence-electron chi connectivity index (χ1n) is 9.46. The van der Waals surface area contributed by atoms with Gasteiger partial charge in [0, 0.05) is 36.0 Å². The normalized spacial score (nSPS) is 14.4. The van der Waals surface area contributed by atoms with E-state index >= 15 is 0 Å². The first-order valence-corrected chi connectivity index (χ1v) is 11.5. The largest absolute Gasteiger partial charge is 0.451 e. The van der Waals surface area contributed by atoms with Gasteiger partial charge in [-0.05, 0) is 31.0 Å². The summed E-state index contributed by atoms with van der Waals surface area (Å²) in [5.41, 5.74) is 0.374. The van der Waals surface area contributed by atoms with Crippen molar-refractivity contribution in [1.82, 2.24) is 0 Å². The molecule has 30 heavy (non-hydrogen) atoms. The average molecular weight is 434 g/mol. The molecular formula is C21H20F2N2O4S. The fraction of sp³-hybridized carbons (Fsp3) is 0.286. The van der Waals surface area contributed by atoms with Crippen LogP contribution in [0.1, 0.15) is 29.0 Å². The molecule has 0 aliphatic carbocycles. The number of hydrogen-bond donors (Lipinski definition) is 1. The monoisotopic (exact) mass is 434 g/mol. The van der Waals surface area contributed by atoms with E-state index in [-0.39, 0.29) is 22.7 Å². The third-order valence-corrected chi connectivity index (χ3v) is 5.82. The summed E-state index contributed by atoms with van der Waals surface area (Å²) >= 11 is 0. The summed E-state index contributed by atoms with van der Waals surface area (Å²) in [5, 5.41) is 2.91. The Balaban J connectivity index is 1.67. The molecule has 9 heteroatoms. The van der Waals surface area contributed by atoms with Crippen LogP contribution in [0.15, 0.2) is 40.8 Å². The number of furan rings is 1. The van der Waals surface area contributed by atoms with Crippen LogP contribution in [0.5, 0.6) is 0 Å². The molecule has 0 unspecified atom stereocenters. The van der Waals surface area contributed by atoms with E-state index in [0.29, 0.717) is 24.1 Å². The van der Waals surface area contributed by atoms with Gasteiger partial charge >= 0.3 is 0 Å². The molecular weight excluding hydrogens is 414 g/mol. The molecule has 2 heterocycles. The molecule has 3 aromatic rings. The number of carbonyl (C=O) groups is 1. The number of sulfone groups is 1. The number of anilines is 2. The molecule has 4 rings (SSSR count). The van der Waals surface area contributed by atoms with Gasteiger partial charge in [-0.25, -0.2) is 17.2 Å². The van der Waals surface area contributed by atoms with Gasteiger partial charge in [-0.15, -0.1) is 0 Å². The van der Waals surface area contributed by atoms with Gasteiger partial charge in [0.15, 0.2) is 27.2 Å². The van der Waals surface area contributed by atoms with Gasteiger partial charge in [-0.3, -0.25) is 4.79 Å². The zero-order valence-electron chi connectivity index (χ0n) is 16.2. The van der Waals surface area contributed by atoms with Gasteiger partial charge in [0.05, 0.1) is 5.75 Å². The van der Waals surface area contributed by atoms with Crippen LogP contribution in [0.3, 0.4) is 0 Å². The summed E-state index contributed by atoms with van der Waals surface area (Å²) in [5.74, 6) is -2.92. The van der Waals surface area contributed by atoms with Crippen molar-refractivity contribution in [2.75, 3.05) is 29.6 Å². The van der Waals surface area contributed by atoms with Crippen LogP contribution in [-0.4, -0.2) is 33.7 Å². The summed E-state index contributed by atoms with van der Waals surface area (Å²) < 4.78 is 58.4. The van der Waals surface area contributed by atoms with E-state index in [2.05, 4.69) is 5.32 Å². The number of nitrogens with zero attached hydrogens (tertiary/aromatic N) is 1. The third-order valence-electron chi connectivity index (χ3n) is 5.01. The standard InChI is InChI=1S/C21H20F2N2O4S/c1-30(27,28)12-15-14-6-2-3-7-18(14)29-20(15)21(26)24-13-10-16(22)19(17(23)11-13)25-8-4-5-9-25/h2-3,6-7,10-11H,4-5,8-9,12H2,1H3,(H,24,26). The Bertz CT molecular complexity index is 1210. The summed E-state index contributed by atoms with van der Waals surface area (Å²) in [4.78, 5) is 14.4. The van der Waals surface area contributed by atoms with Crippen LogP contribution in [0.2, 0.25) is 0 Å². The Hall–Kier alpha value is -2.94. The van der Waals surface area contributed by atoms with Gasteiger partial charge in [0.25, 0.3) is 5.91 Å². The number of fused-ring (bicyclic) bond motifs is 1. The lowest BCUT2D eigenvalue weighted by Gasteiger charge is -2.19. The Kier molecular flexibility index (Phi) is 5.23. The average Bonchev–Trinajstić information content (AvgIpc) is 3.29. The Morgan fingerprint density at radius 2 is 1.77 bits per heavy atom. The molecule has 0 bridgehead atoms. The molecule has 0 saturated carbocycles. The topological polar surface area (TPSA) is 79.6 Å².